The van der Waals surface area contributed by atoms with Crippen LogP contribution in [-0.2, 0) is 11.3 Å². The Morgan fingerprint density at radius 2 is 2.19 bits per heavy atom. The largest absolute Gasteiger partial charge is 0.348 e. The second-order valence-corrected chi connectivity index (χ2v) is 3.94. The number of aromatic nitrogens is 2. The summed E-state index contributed by atoms with van der Waals surface area (Å²) in [7, 11) is 0. The number of amides is 1. The van der Waals surface area contributed by atoms with E-state index in [1.54, 1.807) is 23.1 Å². The van der Waals surface area contributed by atoms with Crippen molar-refractivity contribution in [2.75, 3.05) is 6.54 Å². The molecule has 16 heavy (non-hydrogen) atoms. The molecule has 1 aromatic rings. The van der Waals surface area contributed by atoms with Crippen LogP contribution in [-0.4, -0.2) is 27.8 Å². The zero-order valence-electron chi connectivity index (χ0n) is 9.94. The van der Waals surface area contributed by atoms with Crippen LogP contribution in [0.5, 0.6) is 0 Å². The van der Waals surface area contributed by atoms with Gasteiger partial charge in [-0.05, 0) is 18.9 Å². The third-order valence-corrected chi connectivity index (χ3v) is 3.01. The van der Waals surface area contributed by atoms with E-state index in [9.17, 15) is 4.79 Å². The van der Waals surface area contributed by atoms with Gasteiger partial charge in [-0.25, -0.2) is 0 Å². The zero-order chi connectivity index (χ0) is 12.0. The van der Waals surface area contributed by atoms with Gasteiger partial charge in [0.15, 0.2) is 0 Å². The molecule has 0 bridgehead atoms. The van der Waals surface area contributed by atoms with E-state index in [4.69, 9.17) is 5.73 Å². The van der Waals surface area contributed by atoms with E-state index in [1.807, 2.05) is 13.8 Å². The van der Waals surface area contributed by atoms with Crippen molar-refractivity contribution in [3.63, 3.8) is 0 Å². The SMILES string of the molecule is CCC(CC)(CN)NC(=O)Cn1cccn1. The van der Waals surface area contributed by atoms with E-state index in [1.165, 1.54) is 0 Å². The molecular formula is C11H20N4O. The first-order valence-electron chi connectivity index (χ1n) is 5.64. The minimum absolute atomic E-state index is 0.0437. The molecule has 0 fully saturated rings. The molecule has 0 spiro atoms. The highest BCUT2D eigenvalue weighted by atomic mass is 16.2. The van der Waals surface area contributed by atoms with E-state index in [-0.39, 0.29) is 18.0 Å². The summed E-state index contributed by atoms with van der Waals surface area (Å²) in [6.45, 7) is 4.77. The van der Waals surface area contributed by atoms with Gasteiger partial charge in [-0.2, -0.15) is 5.10 Å². The third kappa shape index (κ3) is 3.06. The average Bonchev–Trinajstić information content (AvgIpc) is 2.79. The lowest BCUT2D eigenvalue weighted by Gasteiger charge is -2.31. The molecule has 5 nitrogen and oxygen atoms in total. The molecule has 0 aliphatic heterocycles. The standard InChI is InChI=1S/C11H20N4O/c1-3-11(4-2,9-12)14-10(16)8-15-7-5-6-13-15/h5-7H,3-4,8-9,12H2,1-2H3,(H,14,16). The lowest BCUT2D eigenvalue weighted by molar-refractivity contribution is -0.123. The predicted octanol–water partition coefficient (Wildman–Crippen LogP) is 0.517. The molecule has 3 N–H and O–H groups in total. The van der Waals surface area contributed by atoms with Crippen LogP contribution in [0.3, 0.4) is 0 Å². The average molecular weight is 224 g/mol. The van der Waals surface area contributed by atoms with Crippen LogP contribution in [0.2, 0.25) is 0 Å². The van der Waals surface area contributed by atoms with E-state index in [2.05, 4.69) is 10.4 Å². The molecule has 5 heteroatoms. The summed E-state index contributed by atoms with van der Waals surface area (Å²) in [5.74, 6) is -0.0437. The fourth-order valence-corrected chi connectivity index (χ4v) is 1.64. The minimum Gasteiger partial charge on any atom is -0.348 e. The minimum atomic E-state index is -0.274. The van der Waals surface area contributed by atoms with Gasteiger partial charge < -0.3 is 11.1 Å². The summed E-state index contributed by atoms with van der Waals surface area (Å²) in [4.78, 5) is 11.8. The Morgan fingerprint density at radius 3 is 2.62 bits per heavy atom. The Morgan fingerprint density at radius 1 is 1.50 bits per heavy atom. The first kappa shape index (κ1) is 12.7. The van der Waals surface area contributed by atoms with Crippen molar-refractivity contribution in [3.05, 3.63) is 18.5 Å². The van der Waals surface area contributed by atoms with Crippen molar-refractivity contribution in [2.24, 2.45) is 5.73 Å². The number of nitrogens with zero attached hydrogens (tertiary/aromatic N) is 2. The summed E-state index contributed by atoms with van der Waals surface area (Å²) in [5.41, 5.74) is 5.44. The number of rotatable bonds is 6. The molecule has 1 amide bonds. The quantitative estimate of drug-likeness (QED) is 0.739. The van der Waals surface area contributed by atoms with Gasteiger partial charge >= 0.3 is 0 Å². The van der Waals surface area contributed by atoms with Crippen LogP contribution in [0.4, 0.5) is 0 Å². The van der Waals surface area contributed by atoms with E-state index in [0.717, 1.165) is 12.8 Å². The van der Waals surface area contributed by atoms with Gasteiger partial charge in [0.2, 0.25) is 5.91 Å². The third-order valence-electron chi connectivity index (χ3n) is 3.01. The number of nitrogens with two attached hydrogens (primary N) is 1. The predicted molar refractivity (Wildman–Crippen MR) is 62.7 cm³/mol. The van der Waals surface area contributed by atoms with E-state index >= 15 is 0 Å². The first-order chi connectivity index (χ1) is 7.65. The van der Waals surface area contributed by atoms with Crippen LogP contribution in [0.25, 0.3) is 0 Å². The van der Waals surface area contributed by atoms with Crippen LogP contribution in [0, 0.1) is 0 Å². The summed E-state index contributed by atoms with van der Waals surface area (Å²) >= 11 is 0. The number of hydrogen-bond acceptors (Lipinski definition) is 3. The van der Waals surface area contributed by atoms with Gasteiger partial charge in [-0.1, -0.05) is 13.8 Å². The molecular weight excluding hydrogens is 204 g/mol. The van der Waals surface area contributed by atoms with Gasteiger partial charge in [0.1, 0.15) is 6.54 Å². The van der Waals surface area contributed by atoms with Crippen LogP contribution >= 0.6 is 0 Å². The van der Waals surface area contributed by atoms with E-state index in [0.29, 0.717) is 6.54 Å². The fourth-order valence-electron chi connectivity index (χ4n) is 1.64. The zero-order valence-corrected chi connectivity index (χ0v) is 9.94. The molecule has 0 radical (unpaired) electrons. The Labute approximate surface area is 96.0 Å². The van der Waals surface area contributed by atoms with Crippen LogP contribution in [0.1, 0.15) is 26.7 Å². The number of nitrogens with one attached hydrogen (secondary N) is 1. The fraction of sp³-hybridized carbons (Fsp3) is 0.636. The van der Waals surface area contributed by atoms with Gasteiger partial charge in [0.25, 0.3) is 0 Å². The molecule has 0 aliphatic carbocycles. The second kappa shape index (κ2) is 5.65. The molecule has 0 aromatic carbocycles. The van der Waals surface area contributed by atoms with Gasteiger partial charge in [-0.3, -0.25) is 9.48 Å². The van der Waals surface area contributed by atoms with Crippen molar-refractivity contribution in [1.82, 2.24) is 15.1 Å². The van der Waals surface area contributed by atoms with Crippen LogP contribution < -0.4 is 11.1 Å². The molecule has 1 heterocycles. The highest BCUT2D eigenvalue weighted by molar-refractivity contribution is 5.76. The lowest BCUT2D eigenvalue weighted by atomic mass is 9.93. The van der Waals surface area contributed by atoms with Crippen molar-refractivity contribution < 1.29 is 4.79 Å². The van der Waals surface area contributed by atoms with Crippen molar-refractivity contribution in [1.29, 1.82) is 0 Å². The molecule has 1 rings (SSSR count). The Balaban J connectivity index is 2.55. The molecule has 1 aromatic heterocycles. The van der Waals surface area contributed by atoms with Crippen molar-refractivity contribution >= 4 is 5.91 Å². The molecule has 90 valence electrons. The van der Waals surface area contributed by atoms with Gasteiger partial charge in [-0.15, -0.1) is 0 Å². The Bertz CT molecular complexity index is 308. The highest BCUT2D eigenvalue weighted by Gasteiger charge is 2.26. The molecule has 0 aliphatic rings. The summed E-state index contributed by atoms with van der Waals surface area (Å²) in [5, 5.41) is 6.98. The summed E-state index contributed by atoms with van der Waals surface area (Å²) < 4.78 is 1.60. The maximum Gasteiger partial charge on any atom is 0.242 e. The highest BCUT2D eigenvalue weighted by Crippen LogP contribution is 2.12. The Hall–Kier alpha value is -1.36. The molecule has 0 saturated heterocycles. The first-order valence-corrected chi connectivity index (χ1v) is 5.64. The summed E-state index contributed by atoms with van der Waals surface area (Å²) in [6, 6.07) is 1.79. The van der Waals surface area contributed by atoms with Crippen LogP contribution in [0.15, 0.2) is 18.5 Å². The van der Waals surface area contributed by atoms with Gasteiger partial charge in [0.05, 0.1) is 5.54 Å². The van der Waals surface area contributed by atoms with Crippen molar-refractivity contribution in [2.45, 2.75) is 38.8 Å². The summed E-state index contributed by atoms with van der Waals surface area (Å²) in [6.07, 6.45) is 5.10. The smallest absolute Gasteiger partial charge is 0.242 e. The molecule has 0 unspecified atom stereocenters. The number of carbonyl (C=O) groups excluding carboxylic acids is 1. The topological polar surface area (TPSA) is 72.9 Å². The van der Waals surface area contributed by atoms with E-state index < -0.39 is 0 Å². The van der Waals surface area contributed by atoms with Gasteiger partial charge in [0, 0.05) is 18.9 Å². The normalized spacial score (nSPS) is 11.4. The monoisotopic (exact) mass is 224 g/mol. The number of carbonyl (C=O) groups is 1. The number of hydrogen-bond donors (Lipinski definition) is 2. The maximum atomic E-state index is 11.8. The Kier molecular flexibility index (Phi) is 4.49. The molecule has 0 atom stereocenters. The molecule has 0 saturated carbocycles. The lowest BCUT2D eigenvalue weighted by Crippen LogP contribution is -2.53. The maximum absolute atomic E-state index is 11.8. The second-order valence-electron chi connectivity index (χ2n) is 3.94. The van der Waals surface area contributed by atoms with Crippen molar-refractivity contribution in [3.8, 4) is 0 Å².